The first kappa shape index (κ1) is 35.7. The van der Waals surface area contributed by atoms with Crippen molar-refractivity contribution >= 4 is 45.8 Å². The number of hydrogen-bond donors (Lipinski definition) is 9. The highest BCUT2D eigenvalue weighted by Crippen LogP contribution is 2.68. The second kappa shape index (κ2) is 13.2. The molecule has 4 aromatic heterocycles. The molecule has 9 atom stereocenters. The van der Waals surface area contributed by atoms with E-state index in [-0.39, 0.29) is 22.3 Å². The van der Waals surface area contributed by atoms with Crippen LogP contribution in [-0.2, 0) is 40.8 Å². The quantitative estimate of drug-likeness (QED) is 0.0644. The number of imidazole rings is 2. The zero-order chi connectivity index (χ0) is 35.5. The molecular weight excluding hydrogens is 733 g/mol. The Morgan fingerprint density at radius 1 is 0.694 bits per heavy atom. The topological polar surface area (TPSA) is 375 Å². The largest absolute Gasteiger partial charge is 0.490 e. The van der Waals surface area contributed by atoms with Gasteiger partial charge in [0.15, 0.2) is 34.8 Å². The number of fused-ring (bicyclic) bond motifs is 2. The minimum atomic E-state index is -5.97. The molecule has 0 spiro atoms. The van der Waals surface area contributed by atoms with E-state index in [1.807, 2.05) is 0 Å². The molecule has 49 heavy (non-hydrogen) atoms. The Hall–Kier alpha value is -3.13. The van der Waals surface area contributed by atoms with Crippen molar-refractivity contribution < 1.29 is 75.9 Å². The lowest BCUT2D eigenvalue weighted by Crippen LogP contribution is -2.34. The lowest BCUT2D eigenvalue weighted by Gasteiger charge is -2.24. The van der Waals surface area contributed by atoms with Gasteiger partial charge < -0.3 is 54.5 Å². The molecule has 0 aromatic carbocycles. The number of phosphoric acid groups is 3. The van der Waals surface area contributed by atoms with Gasteiger partial charge in [0.05, 0.1) is 38.5 Å². The average Bonchev–Trinajstić information content (AvgIpc) is 3.76. The molecule has 2 fully saturated rings. The van der Waals surface area contributed by atoms with Crippen molar-refractivity contribution in [2.24, 2.45) is 0 Å². The normalized spacial score (nSPS) is 30.2. The van der Waals surface area contributed by atoms with Gasteiger partial charge in [0, 0.05) is 0 Å². The average molecular weight is 758 g/mol. The van der Waals surface area contributed by atoms with E-state index in [2.05, 4.69) is 38.5 Å². The first-order valence-corrected chi connectivity index (χ1v) is 18.0. The van der Waals surface area contributed by atoms with Gasteiger partial charge in [-0.3, -0.25) is 27.8 Å². The Morgan fingerprint density at radius 3 is 1.53 bits per heavy atom. The molecule has 9 N–H and O–H groups in total. The summed E-state index contributed by atoms with van der Waals surface area (Å²) in [6.45, 7) is -2.13. The third-order valence-corrected chi connectivity index (χ3v) is 11.4. The van der Waals surface area contributed by atoms with Crippen LogP contribution in [0.2, 0.25) is 0 Å². The second-order valence-electron chi connectivity index (χ2n) is 10.4. The number of hydrogen-bond acceptors (Lipinski definition) is 19. The van der Waals surface area contributed by atoms with E-state index in [9.17, 15) is 48.6 Å². The number of ether oxygens (including phenoxy) is 2. The third-order valence-electron chi connectivity index (χ3n) is 7.16. The van der Waals surface area contributed by atoms with Gasteiger partial charge in [0.2, 0.25) is 0 Å². The van der Waals surface area contributed by atoms with E-state index in [1.54, 1.807) is 0 Å². The van der Waals surface area contributed by atoms with E-state index >= 15 is 0 Å². The van der Waals surface area contributed by atoms with Crippen molar-refractivity contribution in [2.75, 3.05) is 13.2 Å². The Balaban J connectivity index is 1.19. The number of H-pyrrole nitrogens is 2. The lowest BCUT2D eigenvalue weighted by atomic mass is 10.1. The molecule has 4 aromatic rings. The van der Waals surface area contributed by atoms with E-state index in [1.165, 1.54) is 0 Å². The molecule has 0 bridgehead atoms. The van der Waals surface area contributed by atoms with Gasteiger partial charge in [0.25, 0.3) is 11.1 Å². The van der Waals surface area contributed by atoms with E-state index in [0.29, 0.717) is 0 Å². The zero-order valence-electron chi connectivity index (χ0n) is 24.0. The summed E-state index contributed by atoms with van der Waals surface area (Å²) < 4.78 is 68.6. The first-order chi connectivity index (χ1) is 23.0. The second-order valence-corrected chi connectivity index (χ2v) is 15.0. The Bertz CT molecular complexity index is 1990. The number of rotatable bonds is 12. The van der Waals surface area contributed by atoms with Crippen LogP contribution in [0.1, 0.15) is 12.5 Å². The van der Waals surface area contributed by atoms with Crippen molar-refractivity contribution in [3.8, 4) is 0 Å². The molecule has 26 nitrogen and oxygen atoms in total. The Labute approximate surface area is 269 Å². The third kappa shape index (κ3) is 7.22. The number of aliphatic hydroxyl groups excluding tert-OH is 4. The van der Waals surface area contributed by atoms with Gasteiger partial charge in [-0.05, 0) is 0 Å². The van der Waals surface area contributed by atoms with Crippen molar-refractivity contribution in [1.82, 2.24) is 39.0 Å². The monoisotopic (exact) mass is 758 g/mol. The predicted molar refractivity (Wildman–Crippen MR) is 152 cm³/mol. The Morgan fingerprint density at radius 2 is 1.12 bits per heavy atom. The van der Waals surface area contributed by atoms with Crippen LogP contribution >= 0.6 is 23.5 Å². The number of aromatic amines is 2. The molecule has 5 unspecified atom stereocenters. The SMILES string of the molecule is O=c1[nH]cnc2c1ncn2[C@@H]1O[C@H](COP(=O)(OC[C@H]2O[C@@H](n3cnc4c(=O)[nH]cnc43)C(O)C2O)OP(=O)(O)OP(=O)(O)O)C(O)C1O. The number of phosphoric ester groups is 1. The van der Waals surface area contributed by atoms with Crippen molar-refractivity contribution in [1.29, 1.82) is 0 Å². The molecule has 2 aliphatic heterocycles. The summed E-state index contributed by atoms with van der Waals surface area (Å²) in [6.07, 6.45) is -9.09. The smallest absolute Gasteiger partial charge is 0.387 e. The summed E-state index contributed by atoms with van der Waals surface area (Å²) in [7, 11) is -17.3. The molecule has 2 aliphatic rings. The lowest BCUT2D eigenvalue weighted by molar-refractivity contribution is -0.0607. The van der Waals surface area contributed by atoms with Crippen LogP contribution in [0, 0.1) is 0 Å². The van der Waals surface area contributed by atoms with Crippen LogP contribution in [0.3, 0.4) is 0 Å². The van der Waals surface area contributed by atoms with Crippen molar-refractivity contribution in [2.45, 2.75) is 49.1 Å². The highest BCUT2D eigenvalue weighted by Gasteiger charge is 2.50. The molecule has 6 heterocycles. The molecule has 0 radical (unpaired) electrons. The maximum absolute atomic E-state index is 13.6. The van der Waals surface area contributed by atoms with E-state index < -0.39 is 96.9 Å². The highest BCUT2D eigenvalue weighted by molar-refractivity contribution is 7.66. The fourth-order valence-corrected chi connectivity index (χ4v) is 8.57. The summed E-state index contributed by atoms with van der Waals surface area (Å²) in [6, 6.07) is 0. The molecular formula is C20H25N8O18P3. The molecule has 2 saturated heterocycles. The minimum absolute atomic E-state index is 0.0587. The maximum atomic E-state index is 13.6. The van der Waals surface area contributed by atoms with Gasteiger partial charge in [-0.2, -0.15) is 8.62 Å². The van der Waals surface area contributed by atoms with Crippen molar-refractivity contribution in [3.05, 3.63) is 46.0 Å². The minimum Gasteiger partial charge on any atom is -0.387 e. The molecule has 29 heteroatoms. The molecule has 0 aliphatic carbocycles. The molecule has 268 valence electrons. The summed E-state index contributed by atoms with van der Waals surface area (Å²) in [4.78, 5) is 72.1. The fourth-order valence-electron chi connectivity index (χ4n) is 4.98. The van der Waals surface area contributed by atoms with Crippen LogP contribution in [0.15, 0.2) is 34.9 Å². The zero-order valence-corrected chi connectivity index (χ0v) is 26.7. The molecule has 6 rings (SSSR count). The standard InChI is InChI=1S/C20H25N8O18P3/c29-11-7(43-19(13(11)31)27-5-25-9-15(27)21-3-23-17(9)33)1-41-49(40,46-48(38,39)45-47(35,36)37)42-2-8-12(30)14(32)20(44-8)28-6-26-10-16(28)22-4-24-18(10)34/h3-8,11-14,19-20,29-32H,1-2H2,(H,38,39)(H,21,23,33)(H,22,24,34)(H2,35,36,37)/t7-,8-,11?,12?,13?,14?,19-,20-,49?/m1/s1. The van der Waals surface area contributed by atoms with Crippen molar-refractivity contribution in [3.63, 3.8) is 0 Å². The summed E-state index contributed by atoms with van der Waals surface area (Å²) in [5, 5.41) is 42.5. The molecule has 0 saturated carbocycles. The van der Waals surface area contributed by atoms with Crippen LogP contribution in [0.5, 0.6) is 0 Å². The van der Waals surface area contributed by atoms with Crippen LogP contribution in [0.25, 0.3) is 22.3 Å². The van der Waals surface area contributed by atoms with Gasteiger partial charge >= 0.3 is 23.5 Å². The fraction of sp³-hybridized carbons (Fsp3) is 0.500. The van der Waals surface area contributed by atoms with Crippen LogP contribution < -0.4 is 11.1 Å². The number of nitrogens with zero attached hydrogens (tertiary/aromatic N) is 6. The van der Waals surface area contributed by atoms with Gasteiger partial charge in [0.1, 0.15) is 36.6 Å². The number of aliphatic hydroxyl groups is 4. The maximum Gasteiger partial charge on any atom is 0.490 e. The summed E-state index contributed by atoms with van der Waals surface area (Å²) in [5.41, 5.74) is -1.65. The summed E-state index contributed by atoms with van der Waals surface area (Å²) >= 11 is 0. The van der Waals surface area contributed by atoms with Gasteiger partial charge in [-0.1, -0.05) is 0 Å². The van der Waals surface area contributed by atoms with E-state index in [0.717, 1.165) is 34.4 Å². The van der Waals surface area contributed by atoms with Gasteiger partial charge in [-0.25, -0.2) is 33.6 Å². The van der Waals surface area contributed by atoms with Crippen LogP contribution in [-0.4, -0.2) is 124 Å². The summed E-state index contributed by atoms with van der Waals surface area (Å²) in [5.74, 6) is 0. The molecule has 0 amide bonds. The predicted octanol–water partition coefficient (Wildman–Crippen LogP) is -3.14. The number of nitrogens with one attached hydrogen (secondary N) is 2. The number of aromatic nitrogens is 8. The Kier molecular flexibility index (Phi) is 9.62. The van der Waals surface area contributed by atoms with Gasteiger partial charge in [-0.15, -0.1) is 0 Å². The highest BCUT2D eigenvalue weighted by atomic mass is 31.3. The van der Waals surface area contributed by atoms with Crippen LogP contribution in [0.4, 0.5) is 0 Å². The first-order valence-electron chi connectivity index (χ1n) is 13.5. The van der Waals surface area contributed by atoms with E-state index in [4.69, 9.17) is 28.3 Å².